The zero-order valence-electron chi connectivity index (χ0n) is 12.7. The first-order valence-corrected chi connectivity index (χ1v) is 9.25. The number of nitrogens with zero attached hydrogens (tertiary/aromatic N) is 1. The van der Waals surface area contributed by atoms with Crippen molar-refractivity contribution in [2.45, 2.75) is 43.4 Å². The summed E-state index contributed by atoms with van der Waals surface area (Å²) < 4.78 is 22.1. The Kier molecular flexibility index (Phi) is 6.64. The number of amides is 1. The van der Waals surface area contributed by atoms with Crippen LogP contribution in [0.3, 0.4) is 0 Å². The summed E-state index contributed by atoms with van der Waals surface area (Å²) >= 11 is 0. The fraction of sp³-hybridized carbons (Fsp3) is 0.846. The highest BCUT2D eigenvalue weighted by Crippen LogP contribution is 2.43. The summed E-state index contributed by atoms with van der Waals surface area (Å²) in [6.45, 7) is 0.507. The molecule has 22 heavy (non-hydrogen) atoms. The summed E-state index contributed by atoms with van der Waals surface area (Å²) in [4.78, 5) is 13.9. The van der Waals surface area contributed by atoms with Crippen LogP contribution in [0.2, 0.25) is 0 Å². The summed E-state index contributed by atoms with van der Waals surface area (Å²) in [6, 6.07) is 0.246. The third-order valence-electron chi connectivity index (χ3n) is 4.41. The molecular weight excluding hydrogens is 330 g/mol. The maximum Gasteiger partial charge on any atom is 0.237 e. The summed E-state index contributed by atoms with van der Waals surface area (Å²) in [6.07, 6.45) is 5.67. The SMILES string of the molecule is CS(=O)(=O)CNC[C@H](O)CN1[C@@H]2C[CH]C[C@@]1(C(N)=O)CC2.Cl. The molecule has 0 aromatic carbocycles. The van der Waals surface area contributed by atoms with Crippen molar-refractivity contribution in [1.82, 2.24) is 10.2 Å². The van der Waals surface area contributed by atoms with Crippen molar-refractivity contribution in [3.63, 3.8) is 0 Å². The standard InChI is InChI=1S/C13H24N3O4S.ClH/c1-21(19,20)9-15-7-11(17)8-16-10-3-2-5-13(16,6-4-10)12(14)18;/h2,10-11,15,17H,3-9H2,1H3,(H2,14,18);1H/t10-,11+,13+;/m1./s1. The van der Waals surface area contributed by atoms with E-state index in [1.165, 1.54) is 0 Å². The zero-order chi connectivity index (χ0) is 15.7. The average molecular weight is 355 g/mol. The van der Waals surface area contributed by atoms with Crippen LogP contribution >= 0.6 is 12.4 Å². The zero-order valence-corrected chi connectivity index (χ0v) is 14.3. The smallest absolute Gasteiger partial charge is 0.237 e. The highest BCUT2D eigenvalue weighted by molar-refractivity contribution is 7.90. The lowest BCUT2D eigenvalue weighted by atomic mass is 9.87. The molecular formula is C13H25ClN3O4S. The third-order valence-corrected chi connectivity index (χ3v) is 5.14. The van der Waals surface area contributed by atoms with Crippen molar-refractivity contribution in [2.24, 2.45) is 5.73 Å². The van der Waals surface area contributed by atoms with Crippen LogP contribution < -0.4 is 11.1 Å². The molecule has 2 aliphatic rings. The van der Waals surface area contributed by atoms with Gasteiger partial charge in [-0.1, -0.05) is 0 Å². The Morgan fingerprint density at radius 2 is 2.27 bits per heavy atom. The number of nitrogens with one attached hydrogen (secondary N) is 1. The van der Waals surface area contributed by atoms with Gasteiger partial charge in [-0.15, -0.1) is 12.4 Å². The van der Waals surface area contributed by atoms with Gasteiger partial charge in [0, 0.05) is 25.4 Å². The predicted octanol–water partition coefficient (Wildman–Crippen LogP) is -0.953. The second kappa shape index (κ2) is 7.44. The summed E-state index contributed by atoms with van der Waals surface area (Å²) in [5.41, 5.74) is 4.92. The first kappa shape index (κ1) is 19.6. The Morgan fingerprint density at radius 1 is 1.59 bits per heavy atom. The highest BCUT2D eigenvalue weighted by atomic mass is 35.5. The topological polar surface area (TPSA) is 113 Å². The molecule has 3 atom stereocenters. The maximum atomic E-state index is 11.9. The first-order chi connectivity index (χ1) is 9.74. The number of hydrogen-bond donors (Lipinski definition) is 3. The van der Waals surface area contributed by atoms with Gasteiger partial charge in [0.15, 0.2) is 9.84 Å². The van der Waals surface area contributed by atoms with Gasteiger partial charge in [0.05, 0.1) is 12.0 Å². The number of aliphatic hydroxyl groups excluding tert-OH is 1. The second-order valence-corrected chi connectivity index (χ2v) is 8.29. The largest absolute Gasteiger partial charge is 0.390 e. The van der Waals surface area contributed by atoms with Crippen molar-refractivity contribution in [1.29, 1.82) is 0 Å². The van der Waals surface area contributed by atoms with E-state index >= 15 is 0 Å². The van der Waals surface area contributed by atoms with Gasteiger partial charge in [-0.05, 0) is 32.1 Å². The number of primary amides is 1. The van der Waals surface area contributed by atoms with Crippen LogP contribution in [0.25, 0.3) is 0 Å². The molecule has 0 spiro atoms. The van der Waals surface area contributed by atoms with Crippen molar-refractivity contribution in [3.05, 3.63) is 6.42 Å². The number of piperidine rings is 1. The molecule has 0 aromatic rings. The van der Waals surface area contributed by atoms with Gasteiger partial charge < -0.3 is 16.2 Å². The molecule has 129 valence electrons. The summed E-state index contributed by atoms with van der Waals surface area (Å²) in [5, 5.41) is 12.8. The van der Waals surface area contributed by atoms with Crippen LogP contribution in [0.15, 0.2) is 0 Å². The third kappa shape index (κ3) is 4.32. The fourth-order valence-electron chi connectivity index (χ4n) is 3.42. The normalized spacial score (nSPS) is 29.8. The number of halogens is 1. The minimum atomic E-state index is -3.10. The molecule has 2 saturated heterocycles. The number of fused-ring (bicyclic) bond motifs is 2. The number of nitrogens with two attached hydrogens (primary N) is 1. The lowest BCUT2D eigenvalue weighted by Crippen LogP contribution is -2.60. The number of carbonyl (C=O) groups is 1. The minimum Gasteiger partial charge on any atom is -0.390 e. The van der Waals surface area contributed by atoms with E-state index in [1.54, 1.807) is 0 Å². The van der Waals surface area contributed by atoms with Gasteiger partial charge in [-0.2, -0.15) is 0 Å². The molecule has 4 N–H and O–H groups in total. The fourth-order valence-corrected chi connectivity index (χ4v) is 3.91. The van der Waals surface area contributed by atoms with E-state index in [-0.39, 0.29) is 36.8 Å². The Bertz CT molecular complexity index is 498. The quantitative estimate of drug-likeness (QED) is 0.543. The molecule has 1 radical (unpaired) electrons. The number of hydrogen-bond acceptors (Lipinski definition) is 6. The second-order valence-electron chi connectivity index (χ2n) is 6.15. The molecule has 2 heterocycles. The Morgan fingerprint density at radius 3 is 2.86 bits per heavy atom. The van der Waals surface area contributed by atoms with Gasteiger partial charge in [0.1, 0.15) is 5.54 Å². The number of aliphatic hydroxyl groups is 1. The molecule has 2 fully saturated rings. The molecule has 0 unspecified atom stereocenters. The number of rotatable bonds is 7. The molecule has 1 amide bonds. The van der Waals surface area contributed by atoms with Crippen LogP contribution in [0.4, 0.5) is 0 Å². The van der Waals surface area contributed by atoms with E-state index < -0.39 is 21.5 Å². The van der Waals surface area contributed by atoms with Gasteiger partial charge in [-0.3, -0.25) is 9.69 Å². The Balaban J connectivity index is 0.00000242. The molecule has 2 rings (SSSR count). The van der Waals surface area contributed by atoms with Gasteiger partial charge >= 0.3 is 0 Å². The predicted molar refractivity (Wildman–Crippen MR) is 86.2 cm³/mol. The molecule has 0 saturated carbocycles. The van der Waals surface area contributed by atoms with Gasteiger partial charge in [-0.25, -0.2) is 8.42 Å². The van der Waals surface area contributed by atoms with Crippen LogP contribution in [0.1, 0.15) is 25.7 Å². The van der Waals surface area contributed by atoms with E-state index in [1.807, 2.05) is 4.90 Å². The maximum absolute atomic E-state index is 11.9. The molecule has 7 nitrogen and oxygen atoms in total. The Labute approximate surface area is 137 Å². The van der Waals surface area contributed by atoms with Crippen molar-refractivity contribution in [2.75, 3.05) is 25.2 Å². The van der Waals surface area contributed by atoms with Crippen molar-refractivity contribution in [3.8, 4) is 0 Å². The highest BCUT2D eigenvalue weighted by Gasteiger charge is 2.52. The molecule has 2 aliphatic heterocycles. The van der Waals surface area contributed by atoms with Crippen LogP contribution in [0, 0.1) is 6.42 Å². The average Bonchev–Trinajstić information content (AvgIpc) is 2.57. The van der Waals surface area contributed by atoms with Crippen molar-refractivity contribution < 1.29 is 18.3 Å². The van der Waals surface area contributed by atoms with Crippen molar-refractivity contribution >= 4 is 28.2 Å². The van der Waals surface area contributed by atoms with Gasteiger partial charge in [0.25, 0.3) is 0 Å². The van der Waals surface area contributed by atoms with E-state index in [2.05, 4.69) is 11.7 Å². The van der Waals surface area contributed by atoms with E-state index in [0.29, 0.717) is 13.0 Å². The number of carbonyl (C=O) groups excluding carboxylic acids is 1. The molecule has 9 heteroatoms. The van der Waals surface area contributed by atoms with Gasteiger partial charge in [0.2, 0.25) is 5.91 Å². The lowest BCUT2D eigenvalue weighted by molar-refractivity contribution is -0.131. The minimum absolute atomic E-state index is 0. The van der Waals surface area contributed by atoms with Crippen LogP contribution in [0.5, 0.6) is 0 Å². The van der Waals surface area contributed by atoms with E-state index in [4.69, 9.17) is 5.73 Å². The monoisotopic (exact) mass is 354 g/mol. The van der Waals surface area contributed by atoms with E-state index in [9.17, 15) is 18.3 Å². The summed E-state index contributed by atoms with van der Waals surface area (Å²) in [5.74, 6) is -0.500. The Hall–Kier alpha value is -0.410. The van der Waals surface area contributed by atoms with E-state index in [0.717, 1.165) is 25.5 Å². The number of β-amino-alcohol motifs (C(OH)–C–C–N with tert-alkyl or cyclic N) is 1. The molecule has 0 aromatic heterocycles. The molecule has 2 bridgehead atoms. The summed E-state index contributed by atoms with van der Waals surface area (Å²) in [7, 11) is -3.10. The lowest BCUT2D eigenvalue weighted by Gasteiger charge is -2.43. The molecule has 0 aliphatic carbocycles. The van der Waals surface area contributed by atoms with Crippen LogP contribution in [-0.2, 0) is 14.6 Å². The first-order valence-electron chi connectivity index (χ1n) is 7.19. The van der Waals surface area contributed by atoms with Crippen LogP contribution in [-0.4, -0.2) is 67.2 Å². The number of sulfone groups is 1.